The van der Waals surface area contributed by atoms with Gasteiger partial charge in [-0.1, -0.05) is 25.5 Å². The molecule has 0 heterocycles. The predicted octanol–water partition coefficient (Wildman–Crippen LogP) is 3.48. The Labute approximate surface area is 139 Å². The largest absolute Gasteiger partial charge is 0.497 e. The average Bonchev–Trinajstić information content (AvgIpc) is 2.45. The summed E-state index contributed by atoms with van der Waals surface area (Å²) in [6.45, 7) is 8.55. The zero-order valence-electron chi connectivity index (χ0n) is 14.9. The number of ether oxygens (including phenoxy) is 2. The summed E-state index contributed by atoms with van der Waals surface area (Å²) in [7, 11) is 1.65. The van der Waals surface area contributed by atoms with Crippen LogP contribution in [0.5, 0.6) is 5.75 Å². The van der Waals surface area contributed by atoms with Crippen LogP contribution in [0.2, 0.25) is 0 Å². The molecule has 130 valence electrons. The maximum atomic E-state index is 12.0. The highest BCUT2D eigenvalue weighted by Crippen LogP contribution is 2.14. The van der Waals surface area contributed by atoms with Gasteiger partial charge in [0.1, 0.15) is 11.4 Å². The molecule has 0 saturated heterocycles. The van der Waals surface area contributed by atoms with Gasteiger partial charge >= 0.3 is 6.09 Å². The highest BCUT2D eigenvalue weighted by atomic mass is 16.6. The van der Waals surface area contributed by atoms with E-state index >= 15 is 0 Å². The number of carbonyl (C=O) groups excluding carboxylic acids is 1. The van der Waals surface area contributed by atoms with Gasteiger partial charge in [-0.15, -0.1) is 0 Å². The number of alkyl carbamates (subject to hydrolysis) is 1. The van der Waals surface area contributed by atoms with Crippen LogP contribution < -0.4 is 15.4 Å². The van der Waals surface area contributed by atoms with Crippen molar-refractivity contribution in [3.05, 3.63) is 29.8 Å². The number of benzene rings is 1. The zero-order valence-corrected chi connectivity index (χ0v) is 14.9. The van der Waals surface area contributed by atoms with E-state index in [1.807, 2.05) is 45.0 Å². The fourth-order valence-corrected chi connectivity index (χ4v) is 2.11. The summed E-state index contributed by atoms with van der Waals surface area (Å²) in [4.78, 5) is 12.0. The second-order valence-electron chi connectivity index (χ2n) is 6.56. The number of nitrogens with one attached hydrogen (secondary N) is 2. The van der Waals surface area contributed by atoms with Crippen LogP contribution in [0.25, 0.3) is 0 Å². The molecule has 0 aliphatic heterocycles. The third-order valence-electron chi connectivity index (χ3n) is 3.19. The van der Waals surface area contributed by atoms with Gasteiger partial charge in [0.25, 0.3) is 0 Å². The van der Waals surface area contributed by atoms with Gasteiger partial charge < -0.3 is 14.8 Å². The Hall–Kier alpha value is -1.75. The van der Waals surface area contributed by atoms with E-state index in [4.69, 9.17) is 9.47 Å². The first-order chi connectivity index (χ1) is 10.8. The molecule has 1 rings (SSSR count). The summed E-state index contributed by atoms with van der Waals surface area (Å²) in [6, 6.07) is 7.86. The summed E-state index contributed by atoms with van der Waals surface area (Å²) < 4.78 is 10.6. The van der Waals surface area contributed by atoms with E-state index in [0.717, 1.165) is 30.7 Å². The molecule has 0 spiro atoms. The molecule has 23 heavy (non-hydrogen) atoms. The molecule has 0 aliphatic rings. The number of methoxy groups -OCH3 is 1. The minimum Gasteiger partial charge on any atom is -0.497 e. The molecule has 0 saturated carbocycles. The third kappa shape index (κ3) is 8.45. The lowest BCUT2D eigenvalue weighted by Crippen LogP contribution is -2.48. The van der Waals surface area contributed by atoms with Crippen molar-refractivity contribution in [3.8, 4) is 5.75 Å². The van der Waals surface area contributed by atoms with Crippen molar-refractivity contribution in [1.29, 1.82) is 0 Å². The Balaban J connectivity index is 2.68. The van der Waals surface area contributed by atoms with E-state index < -0.39 is 11.7 Å². The molecule has 1 aromatic rings. The number of amides is 1. The van der Waals surface area contributed by atoms with Crippen molar-refractivity contribution < 1.29 is 14.3 Å². The molecule has 0 aromatic heterocycles. The second kappa shape index (κ2) is 9.40. The summed E-state index contributed by atoms with van der Waals surface area (Å²) in [6.07, 6.45) is 2.24. The van der Waals surface area contributed by atoms with Gasteiger partial charge in [0.05, 0.1) is 13.3 Å². The Morgan fingerprint density at radius 3 is 2.65 bits per heavy atom. The molecule has 5 heteroatoms. The second-order valence-corrected chi connectivity index (χ2v) is 6.56. The Kier molecular flexibility index (Phi) is 7.89. The number of carbonyl (C=O) groups is 1. The van der Waals surface area contributed by atoms with E-state index in [1.165, 1.54) is 0 Å². The van der Waals surface area contributed by atoms with Crippen molar-refractivity contribution in [2.24, 2.45) is 0 Å². The van der Waals surface area contributed by atoms with Gasteiger partial charge in [-0.25, -0.2) is 4.79 Å². The molecule has 0 unspecified atom stereocenters. The summed E-state index contributed by atoms with van der Waals surface area (Å²) in [5, 5.41) is 6.28. The minimum absolute atomic E-state index is 0.177. The number of rotatable bonds is 8. The average molecular weight is 322 g/mol. The number of hydrogen-bond donors (Lipinski definition) is 2. The molecule has 0 bridgehead atoms. The van der Waals surface area contributed by atoms with Crippen LogP contribution in [0.4, 0.5) is 4.79 Å². The number of unbranched alkanes of at least 4 members (excludes halogenated alkanes) is 1. The van der Waals surface area contributed by atoms with Crippen LogP contribution in [-0.2, 0) is 11.2 Å². The smallest absolute Gasteiger partial charge is 0.408 e. The van der Waals surface area contributed by atoms with Crippen molar-refractivity contribution in [3.63, 3.8) is 0 Å². The summed E-state index contributed by atoms with van der Waals surface area (Å²) in [5.41, 5.74) is 0.586. The van der Waals surface area contributed by atoms with Gasteiger partial charge in [0, 0.05) is 6.42 Å². The van der Waals surface area contributed by atoms with Crippen molar-refractivity contribution >= 4 is 6.09 Å². The first-order valence-electron chi connectivity index (χ1n) is 8.20. The van der Waals surface area contributed by atoms with Crippen LogP contribution in [0, 0.1) is 0 Å². The van der Waals surface area contributed by atoms with E-state index in [1.54, 1.807) is 7.11 Å². The predicted molar refractivity (Wildman–Crippen MR) is 92.8 cm³/mol. The molecule has 5 nitrogen and oxygen atoms in total. The lowest BCUT2D eigenvalue weighted by Gasteiger charge is -2.24. The monoisotopic (exact) mass is 322 g/mol. The first-order valence-corrected chi connectivity index (χ1v) is 8.20. The van der Waals surface area contributed by atoms with Crippen LogP contribution in [0.3, 0.4) is 0 Å². The molecule has 1 aromatic carbocycles. The van der Waals surface area contributed by atoms with Crippen LogP contribution in [0.15, 0.2) is 24.3 Å². The van der Waals surface area contributed by atoms with E-state index in [9.17, 15) is 4.79 Å². The maximum Gasteiger partial charge on any atom is 0.408 e. The summed E-state index contributed by atoms with van der Waals surface area (Å²) in [5.74, 6) is 0.812. The summed E-state index contributed by atoms with van der Waals surface area (Å²) >= 11 is 0. The van der Waals surface area contributed by atoms with E-state index in [2.05, 4.69) is 17.6 Å². The highest BCUT2D eigenvalue weighted by Gasteiger charge is 2.19. The minimum atomic E-state index is -0.506. The molecular formula is C18H30N2O3. The molecule has 2 N–H and O–H groups in total. The molecule has 0 aliphatic carbocycles. The molecular weight excluding hydrogens is 292 g/mol. The normalized spacial score (nSPS) is 12.6. The topological polar surface area (TPSA) is 59.6 Å². The first kappa shape index (κ1) is 19.3. The lowest BCUT2D eigenvalue weighted by molar-refractivity contribution is 0.0494. The van der Waals surface area contributed by atoms with Gasteiger partial charge in [0.2, 0.25) is 0 Å². The Morgan fingerprint density at radius 1 is 1.30 bits per heavy atom. The SMILES string of the molecule is CCCCN[C@@H](Cc1cccc(OC)c1)NC(=O)OC(C)(C)C. The van der Waals surface area contributed by atoms with Gasteiger partial charge in [-0.2, -0.15) is 0 Å². The lowest BCUT2D eigenvalue weighted by atomic mass is 10.1. The van der Waals surface area contributed by atoms with Gasteiger partial charge in [-0.3, -0.25) is 5.32 Å². The van der Waals surface area contributed by atoms with Crippen LogP contribution in [-0.4, -0.2) is 31.5 Å². The standard InChI is InChI=1S/C18H30N2O3/c1-6-7-11-19-16(20-17(21)23-18(2,3)4)13-14-9-8-10-15(12-14)22-5/h8-10,12,16,19H,6-7,11,13H2,1-5H3,(H,20,21)/t16-/m1/s1. The van der Waals surface area contributed by atoms with Crippen LogP contribution in [0.1, 0.15) is 46.1 Å². The Bertz CT molecular complexity index is 483. The van der Waals surface area contributed by atoms with Crippen molar-refractivity contribution in [1.82, 2.24) is 10.6 Å². The molecule has 1 amide bonds. The molecule has 0 fully saturated rings. The highest BCUT2D eigenvalue weighted by molar-refractivity contribution is 5.68. The quantitative estimate of drug-likeness (QED) is 0.568. The molecule has 1 atom stereocenters. The number of hydrogen-bond acceptors (Lipinski definition) is 4. The van der Waals surface area contributed by atoms with E-state index in [-0.39, 0.29) is 6.17 Å². The van der Waals surface area contributed by atoms with E-state index in [0.29, 0.717) is 6.42 Å². The Morgan fingerprint density at radius 2 is 2.04 bits per heavy atom. The zero-order chi connectivity index (χ0) is 17.3. The maximum absolute atomic E-state index is 12.0. The molecule has 0 radical (unpaired) electrons. The van der Waals surface area contributed by atoms with Gasteiger partial charge in [0.15, 0.2) is 0 Å². The van der Waals surface area contributed by atoms with Crippen molar-refractivity contribution in [2.75, 3.05) is 13.7 Å². The fraction of sp³-hybridized carbons (Fsp3) is 0.611. The van der Waals surface area contributed by atoms with Crippen molar-refractivity contribution in [2.45, 2.75) is 58.7 Å². The third-order valence-corrected chi connectivity index (χ3v) is 3.19. The van der Waals surface area contributed by atoms with Crippen LogP contribution >= 0.6 is 0 Å². The fourth-order valence-electron chi connectivity index (χ4n) is 2.11. The van der Waals surface area contributed by atoms with Gasteiger partial charge in [-0.05, 0) is 51.4 Å².